The van der Waals surface area contributed by atoms with Gasteiger partial charge in [0.25, 0.3) is 0 Å². The largest absolute Gasteiger partial charge is 0.375 e. The molecule has 0 aromatic heterocycles. The Morgan fingerprint density at radius 3 is 2.65 bits per heavy atom. The van der Waals surface area contributed by atoms with Crippen molar-refractivity contribution in [3.8, 4) is 0 Å². The number of hydrogen-bond acceptors (Lipinski definition) is 3. The van der Waals surface area contributed by atoms with Gasteiger partial charge in [-0.05, 0) is 26.7 Å². The van der Waals surface area contributed by atoms with Crippen LogP contribution in [-0.2, 0) is 0 Å². The summed E-state index contributed by atoms with van der Waals surface area (Å²) >= 11 is 0. The van der Waals surface area contributed by atoms with E-state index in [9.17, 15) is 0 Å². The average Bonchev–Trinajstić information content (AvgIpc) is 2.44. The van der Waals surface area contributed by atoms with Crippen molar-refractivity contribution >= 4 is 0 Å². The molecule has 3 heteroatoms. The lowest BCUT2D eigenvalue weighted by Gasteiger charge is -2.40. The van der Waals surface area contributed by atoms with Crippen LogP contribution in [0.2, 0.25) is 0 Å². The Morgan fingerprint density at radius 1 is 1.40 bits per heavy atom. The molecule has 0 bridgehead atoms. The van der Waals surface area contributed by atoms with E-state index in [0.717, 1.165) is 50.5 Å². The van der Waals surface area contributed by atoms with Gasteiger partial charge in [0.15, 0.2) is 0 Å². The van der Waals surface area contributed by atoms with Crippen LogP contribution in [0, 0.1) is 0 Å². The summed E-state index contributed by atoms with van der Waals surface area (Å²) < 4.78 is 0. The molecule has 0 saturated carbocycles. The van der Waals surface area contributed by atoms with E-state index < -0.39 is 0 Å². The summed E-state index contributed by atoms with van der Waals surface area (Å²) in [5.41, 5.74) is 2.52. The Hall–Kier alpha value is -1.64. The fourth-order valence-corrected chi connectivity index (χ4v) is 2.26. The summed E-state index contributed by atoms with van der Waals surface area (Å²) in [6.07, 6.45) is 6.26. The highest BCUT2D eigenvalue weighted by molar-refractivity contribution is 5.10. The van der Waals surface area contributed by atoms with Crippen LogP contribution >= 0.6 is 0 Å². The molecular formula is C17H29N3. The van der Waals surface area contributed by atoms with Crippen LogP contribution in [-0.4, -0.2) is 47.9 Å². The molecule has 20 heavy (non-hydrogen) atoms. The molecule has 1 aliphatic rings. The zero-order chi connectivity index (χ0) is 15.1. The predicted molar refractivity (Wildman–Crippen MR) is 88.1 cm³/mol. The maximum atomic E-state index is 4.27. The van der Waals surface area contributed by atoms with Crippen LogP contribution in [0.3, 0.4) is 0 Å². The average molecular weight is 275 g/mol. The zero-order valence-electron chi connectivity index (χ0n) is 13.4. The summed E-state index contributed by atoms with van der Waals surface area (Å²) in [4.78, 5) is 6.76. The molecule has 0 aromatic rings. The van der Waals surface area contributed by atoms with E-state index in [-0.39, 0.29) is 0 Å². The summed E-state index contributed by atoms with van der Waals surface area (Å²) in [5, 5.41) is 0. The molecule has 0 N–H and O–H groups in total. The molecular weight excluding hydrogens is 246 g/mol. The van der Waals surface area contributed by atoms with Crippen molar-refractivity contribution in [2.24, 2.45) is 0 Å². The predicted octanol–water partition coefficient (Wildman–Crippen LogP) is 3.41. The fourth-order valence-electron chi connectivity index (χ4n) is 2.26. The molecule has 0 atom stereocenters. The van der Waals surface area contributed by atoms with Gasteiger partial charge < -0.3 is 14.7 Å². The smallest absolute Gasteiger partial charge is 0.101 e. The summed E-state index contributed by atoms with van der Waals surface area (Å²) in [5.74, 6) is 1.07. The topological polar surface area (TPSA) is 9.72 Å². The Morgan fingerprint density at radius 2 is 2.10 bits per heavy atom. The third-order valence-corrected chi connectivity index (χ3v) is 3.77. The Labute approximate surface area is 124 Å². The van der Waals surface area contributed by atoms with Crippen molar-refractivity contribution in [1.29, 1.82) is 0 Å². The lowest BCUT2D eigenvalue weighted by atomic mass is 10.2. The van der Waals surface area contributed by atoms with Crippen LogP contribution in [0.1, 0.15) is 26.7 Å². The highest BCUT2D eigenvalue weighted by Crippen LogP contribution is 2.18. The normalized spacial score (nSPS) is 16.4. The van der Waals surface area contributed by atoms with Crippen molar-refractivity contribution in [1.82, 2.24) is 14.7 Å². The van der Waals surface area contributed by atoms with Crippen LogP contribution in [0.5, 0.6) is 0 Å². The van der Waals surface area contributed by atoms with E-state index in [1.165, 1.54) is 5.57 Å². The first kappa shape index (κ1) is 16.4. The number of nitrogens with zero attached hydrogens (tertiary/aromatic N) is 3. The number of hydrogen-bond donors (Lipinski definition) is 0. The van der Waals surface area contributed by atoms with Gasteiger partial charge >= 0.3 is 0 Å². The molecule has 1 aliphatic heterocycles. The van der Waals surface area contributed by atoms with Gasteiger partial charge in [-0.1, -0.05) is 24.8 Å². The van der Waals surface area contributed by atoms with Gasteiger partial charge in [-0.15, -0.1) is 6.58 Å². The number of piperazine rings is 1. The monoisotopic (exact) mass is 275 g/mol. The fraction of sp³-hybridized carbons (Fsp3) is 0.529. The quantitative estimate of drug-likeness (QED) is 0.659. The van der Waals surface area contributed by atoms with Gasteiger partial charge in [0.1, 0.15) is 5.82 Å². The molecule has 112 valence electrons. The summed E-state index contributed by atoms with van der Waals surface area (Å²) in [6, 6.07) is 0. The van der Waals surface area contributed by atoms with E-state index in [0.29, 0.717) is 0 Å². The Balaban J connectivity index is 2.67. The summed E-state index contributed by atoms with van der Waals surface area (Å²) in [6.45, 7) is 20.3. The van der Waals surface area contributed by atoms with Gasteiger partial charge in [-0.2, -0.15) is 0 Å². The lowest BCUT2D eigenvalue weighted by molar-refractivity contribution is 0.195. The van der Waals surface area contributed by atoms with E-state index in [1.807, 2.05) is 6.08 Å². The van der Waals surface area contributed by atoms with Crippen molar-refractivity contribution < 1.29 is 0 Å². The van der Waals surface area contributed by atoms with Gasteiger partial charge in [-0.3, -0.25) is 0 Å². The Kier molecular flexibility index (Phi) is 6.43. The van der Waals surface area contributed by atoms with E-state index in [2.05, 4.69) is 61.5 Å². The van der Waals surface area contributed by atoms with Crippen molar-refractivity contribution in [2.75, 3.05) is 33.2 Å². The third kappa shape index (κ3) is 4.48. The molecule has 0 unspecified atom stereocenters. The maximum absolute atomic E-state index is 4.27. The van der Waals surface area contributed by atoms with E-state index >= 15 is 0 Å². The van der Waals surface area contributed by atoms with Gasteiger partial charge in [0.2, 0.25) is 0 Å². The second kappa shape index (κ2) is 7.83. The molecule has 0 radical (unpaired) electrons. The van der Waals surface area contributed by atoms with Crippen LogP contribution in [0.15, 0.2) is 49.1 Å². The first-order valence-electron chi connectivity index (χ1n) is 7.37. The lowest BCUT2D eigenvalue weighted by Crippen LogP contribution is -2.44. The molecule has 0 aromatic carbocycles. The molecule has 3 nitrogen and oxygen atoms in total. The third-order valence-electron chi connectivity index (χ3n) is 3.77. The Bertz CT molecular complexity index is 395. The first-order chi connectivity index (χ1) is 9.49. The maximum Gasteiger partial charge on any atom is 0.101 e. The standard InChI is InChI=1S/C17H29N3/c1-7-9-10-15(3)13-19(8-2)17(5)20-12-11-18(6)16(4)14-20/h7,13H,1,4-5,8-12,14H2,2-3,6H3/b15-13+. The van der Waals surface area contributed by atoms with Crippen LogP contribution < -0.4 is 0 Å². The molecule has 1 heterocycles. The highest BCUT2D eigenvalue weighted by atomic mass is 15.4. The second-order valence-electron chi connectivity index (χ2n) is 5.41. The van der Waals surface area contributed by atoms with Crippen LogP contribution in [0.25, 0.3) is 0 Å². The highest BCUT2D eigenvalue weighted by Gasteiger charge is 2.19. The molecule has 1 rings (SSSR count). The first-order valence-corrected chi connectivity index (χ1v) is 7.37. The zero-order valence-corrected chi connectivity index (χ0v) is 13.4. The molecule has 1 saturated heterocycles. The molecule has 1 fully saturated rings. The van der Waals surface area contributed by atoms with E-state index in [4.69, 9.17) is 0 Å². The summed E-state index contributed by atoms with van der Waals surface area (Å²) in [7, 11) is 2.10. The minimum Gasteiger partial charge on any atom is -0.375 e. The number of rotatable bonds is 7. The second-order valence-corrected chi connectivity index (χ2v) is 5.41. The number of allylic oxidation sites excluding steroid dienone is 2. The minimum absolute atomic E-state index is 0.866. The van der Waals surface area contributed by atoms with E-state index in [1.54, 1.807) is 0 Å². The SMILES string of the molecule is C=CCC/C(C)=C/N(CC)C(=C)N1CCN(C)C(=C)C1. The molecule has 0 spiro atoms. The van der Waals surface area contributed by atoms with Crippen molar-refractivity contribution in [2.45, 2.75) is 26.7 Å². The van der Waals surface area contributed by atoms with Gasteiger partial charge in [0, 0.05) is 38.6 Å². The molecule has 0 amide bonds. The van der Waals surface area contributed by atoms with Crippen LogP contribution in [0.4, 0.5) is 0 Å². The van der Waals surface area contributed by atoms with Gasteiger partial charge in [-0.25, -0.2) is 0 Å². The van der Waals surface area contributed by atoms with Gasteiger partial charge in [0.05, 0.1) is 6.54 Å². The van der Waals surface area contributed by atoms with Crippen molar-refractivity contribution in [3.05, 3.63) is 49.1 Å². The minimum atomic E-state index is 0.866. The number of likely N-dealkylation sites (N-methyl/N-ethyl adjacent to an activating group) is 1. The van der Waals surface area contributed by atoms with Crippen molar-refractivity contribution in [3.63, 3.8) is 0 Å². The molecule has 0 aliphatic carbocycles.